The second-order valence-corrected chi connectivity index (χ2v) is 4.50. The van der Waals surface area contributed by atoms with E-state index < -0.39 is 0 Å². The molecule has 0 atom stereocenters. The lowest BCUT2D eigenvalue weighted by molar-refractivity contribution is 0.413. The van der Waals surface area contributed by atoms with Crippen molar-refractivity contribution in [2.24, 2.45) is 0 Å². The molecular weight excluding hydrogens is 296 g/mol. The van der Waals surface area contributed by atoms with Crippen LogP contribution in [0.2, 0.25) is 15.2 Å². The highest BCUT2D eigenvalue weighted by Gasteiger charge is 2.11. The Balaban J connectivity index is 2.37. The SMILES string of the molecule is COc1c(Cl)ncnc1Nc1ccc(Cl)cc1Cl. The van der Waals surface area contributed by atoms with Gasteiger partial charge < -0.3 is 10.1 Å². The molecule has 0 bridgehead atoms. The van der Waals surface area contributed by atoms with E-state index in [1.54, 1.807) is 18.2 Å². The van der Waals surface area contributed by atoms with E-state index in [1.807, 2.05) is 0 Å². The fourth-order valence-corrected chi connectivity index (χ4v) is 2.01. The lowest BCUT2D eigenvalue weighted by Crippen LogP contribution is -1.99. The van der Waals surface area contributed by atoms with E-state index in [0.717, 1.165) is 0 Å². The van der Waals surface area contributed by atoms with Gasteiger partial charge in [0, 0.05) is 5.02 Å². The third-order valence-electron chi connectivity index (χ3n) is 2.15. The normalized spacial score (nSPS) is 10.2. The minimum absolute atomic E-state index is 0.222. The molecule has 94 valence electrons. The second kappa shape index (κ2) is 5.61. The lowest BCUT2D eigenvalue weighted by atomic mass is 10.3. The van der Waals surface area contributed by atoms with Crippen LogP contribution >= 0.6 is 34.8 Å². The summed E-state index contributed by atoms with van der Waals surface area (Å²) < 4.78 is 5.12. The van der Waals surface area contributed by atoms with Gasteiger partial charge in [-0.05, 0) is 18.2 Å². The molecule has 0 aliphatic rings. The molecule has 0 fully saturated rings. The van der Waals surface area contributed by atoms with E-state index in [1.165, 1.54) is 13.4 Å². The molecular formula is C11H8Cl3N3O. The van der Waals surface area contributed by atoms with Crippen molar-refractivity contribution in [1.82, 2.24) is 9.97 Å². The van der Waals surface area contributed by atoms with Gasteiger partial charge in [0.05, 0.1) is 17.8 Å². The van der Waals surface area contributed by atoms with E-state index in [9.17, 15) is 0 Å². The summed E-state index contributed by atoms with van der Waals surface area (Å²) in [6.45, 7) is 0. The summed E-state index contributed by atoms with van der Waals surface area (Å²) in [7, 11) is 1.49. The minimum Gasteiger partial charge on any atom is -0.490 e. The first kappa shape index (κ1) is 13.2. The number of aromatic nitrogens is 2. The summed E-state index contributed by atoms with van der Waals surface area (Å²) >= 11 is 17.8. The Bertz CT molecular complexity index is 577. The van der Waals surface area contributed by atoms with Gasteiger partial charge in [0.2, 0.25) is 0 Å². The zero-order valence-corrected chi connectivity index (χ0v) is 11.5. The Kier molecular flexibility index (Phi) is 4.11. The molecule has 0 spiro atoms. The molecule has 0 amide bonds. The predicted molar refractivity (Wildman–Crippen MR) is 73.3 cm³/mol. The van der Waals surface area contributed by atoms with Gasteiger partial charge in [0.15, 0.2) is 16.7 Å². The number of ether oxygens (including phenoxy) is 1. The van der Waals surface area contributed by atoms with Gasteiger partial charge >= 0.3 is 0 Å². The summed E-state index contributed by atoms with van der Waals surface area (Å²) in [5.41, 5.74) is 0.647. The van der Waals surface area contributed by atoms with Crippen LogP contribution in [0.4, 0.5) is 11.5 Å². The van der Waals surface area contributed by atoms with E-state index >= 15 is 0 Å². The van der Waals surface area contributed by atoms with Crippen molar-refractivity contribution in [3.63, 3.8) is 0 Å². The highest BCUT2D eigenvalue weighted by atomic mass is 35.5. The van der Waals surface area contributed by atoms with Crippen molar-refractivity contribution in [3.05, 3.63) is 39.7 Å². The number of methoxy groups -OCH3 is 1. The van der Waals surface area contributed by atoms with Gasteiger partial charge in [0.1, 0.15) is 6.33 Å². The average molecular weight is 305 g/mol. The van der Waals surface area contributed by atoms with Gasteiger partial charge in [-0.3, -0.25) is 0 Å². The Morgan fingerprint density at radius 3 is 2.61 bits per heavy atom. The Morgan fingerprint density at radius 1 is 1.17 bits per heavy atom. The van der Waals surface area contributed by atoms with Crippen LogP contribution in [-0.4, -0.2) is 17.1 Å². The lowest BCUT2D eigenvalue weighted by Gasteiger charge is -2.11. The van der Waals surface area contributed by atoms with Gasteiger partial charge in [-0.1, -0.05) is 34.8 Å². The Morgan fingerprint density at radius 2 is 1.94 bits per heavy atom. The molecule has 1 aromatic carbocycles. The zero-order valence-electron chi connectivity index (χ0n) is 9.25. The maximum Gasteiger partial charge on any atom is 0.199 e. The molecule has 4 nitrogen and oxygen atoms in total. The van der Waals surface area contributed by atoms with Crippen LogP contribution in [-0.2, 0) is 0 Å². The van der Waals surface area contributed by atoms with Gasteiger partial charge in [0.25, 0.3) is 0 Å². The zero-order chi connectivity index (χ0) is 13.1. The monoisotopic (exact) mass is 303 g/mol. The molecule has 7 heteroatoms. The number of nitrogens with one attached hydrogen (secondary N) is 1. The standard InChI is InChI=1S/C11H8Cl3N3O/c1-18-9-10(14)15-5-16-11(9)17-8-3-2-6(12)4-7(8)13/h2-5H,1H3,(H,15,16,17). The predicted octanol–water partition coefficient (Wildman–Crippen LogP) is 4.19. The quantitative estimate of drug-likeness (QED) is 0.864. The maximum absolute atomic E-state index is 6.05. The summed E-state index contributed by atoms with van der Waals surface area (Å²) in [4.78, 5) is 7.87. The maximum atomic E-state index is 6.05. The largest absolute Gasteiger partial charge is 0.490 e. The number of anilines is 2. The first-order valence-corrected chi connectivity index (χ1v) is 6.01. The molecule has 0 saturated carbocycles. The summed E-state index contributed by atoms with van der Waals surface area (Å²) in [5.74, 6) is 0.784. The summed E-state index contributed by atoms with van der Waals surface area (Å²) in [6, 6.07) is 5.08. The number of nitrogens with zero attached hydrogens (tertiary/aromatic N) is 2. The van der Waals surface area contributed by atoms with Crippen LogP contribution in [0.5, 0.6) is 5.75 Å². The number of halogens is 3. The second-order valence-electron chi connectivity index (χ2n) is 3.30. The van der Waals surface area contributed by atoms with Crippen LogP contribution in [0.1, 0.15) is 0 Å². The molecule has 1 heterocycles. The molecule has 18 heavy (non-hydrogen) atoms. The summed E-state index contributed by atoms with van der Waals surface area (Å²) in [6.07, 6.45) is 1.33. The smallest absolute Gasteiger partial charge is 0.199 e. The van der Waals surface area contributed by atoms with Crippen molar-refractivity contribution >= 4 is 46.3 Å². The Labute approximate surface area is 119 Å². The molecule has 0 radical (unpaired) electrons. The van der Waals surface area contributed by atoms with Crippen LogP contribution < -0.4 is 10.1 Å². The first-order chi connectivity index (χ1) is 8.61. The van der Waals surface area contributed by atoms with Crippen molar-refractivity contribution in [2.75, 3.05) is 12.4 Å². The fourth-order valence-electron chi connectivity index (χ4n) is 1.34. The number of hydrogen-bond acceptors (Lipinski definition) is 4. The van der Waals surface area contributed by atoms with E-state index in [0.29, 0.717) is 27.3 Å². The van der Waals surface area contributed by atoms with Crippen LogP contribution in [0.25, 0.3) is 0 Å². The van der Waals surface area contributed by atoms with E-state index in [-0.39, 0.29) is 5.15 Å². The van der Waals surface area contributed by atoms with Crippen LogP contribution in [0, 0.1) is 0 Å². The topological polar surface area (TPSA) is 47.0 Å². The van der Waals surface area contributed by atoms with Gasteiger partial charge in [-0.2, -0.15) is 0 Å². The van der Waals surface area contributed by atoms with E-state index in [2.05, 4.69) is 15.3 Å². The Hall–Kier alpha value is -1.23. The highest BCUT2D eigenvalue weighted by molar-refractivity contribution is 6.36. The van der Waals surface area contributed by atoms with Crippen molar-refractivity contribution in [3.8, 4) is 5.75 Å². The number of hydrogen-bond donors (Lipinski definition) is 1. The third kappa shape index (κ3) is 2.77. The van der Waals surface area contributed by atoms with Crippen LogP contribution in [0.15, 0.2) is 24.5 Å². The molecule has 0 unspecified atom stereocenters. The molecule has 2 rings (SSSR count). The molecule has 0 saturated heterocycles. The molecule has 1 aromatic heterocycles. The number of benzene rings is 1. The number of rotatable bonds is 3. The molecule has 0 aliphatic carbocycles. The van der Waals surface area contributed by atoms with Crippen molar-refractivity contribution in [1.29, 1.82) is 0 Å². The third-order valence-corrected chi connectivity index (χ3v) is 2.97. The van der Waals surface area contributed by atoms with Crippen molar-refractivity contribution < 1.29 is 4.74 Å². The molecule has 0 aliphatic heterocycles. The van der Waals surface area contributed by atoms with Crippen LogP contribution in [0.3, 0.4) is 0 Å². The highest BCUT2D eigenvalue weighted by Crippen LogP contribution is 2.33. The minimum atomic E-state index is 0.222. The average Bonchev–Trinajstić information content (AvgIpc) is 2.33. The van der Waals surface area contributed by atoms with Crippen molar-refractivity contribution in [2.45, 2.75) is 0 Å². The molecule has 2 aromatic rings. The summed E-state index contributed by atoms with van der Waals surface area (Å²) in [5, 5.41) is 4.26. The van der Waals surface area contributed by atoms with Gasteiger partial charge in [-0.15, -0.1) is 0 Å². The van der Waals surface area contributed by atoms with Gasteiger partial charge in [-0.25, -0.2) is 9.97 Å². The first-order valence-electron chi connectivity index (χ1n) is 4.88. The molecule has 1 N–H and O–H groups in total. The fraction of sp³-hybridized carbons (Fsp3) is 0.0909. The van der Waals surface area contributed by atoms with E-state index in [4.69, 9.17) is 39.5 Å².